The summed E-state index contributed by atoms with van der Waals surface area (Å²) in [4.78, 5) is 13.5. The number of carbonyl (C=O) groups is 1. The Balaban J connectivity index is 1.67. The zero-order valence-electron chi connectivity index (χ0n) is 13.7. The standard InChI is InChI=1S/C16H19N5OS2/c1-3-21-9-18-20-16(21)23-8-14(22)19-15-12(7-17)11-5-4-10(2)6-13(11)24-15/h9-10H,3-6,8H2,1-2H3,(H,19,22)/t10-/m0/s1. The van der Waals surface area contributed by atoms with E-state index in [0.717, 1.165) is 36.5 Å². The van der Waals surface area contributed by atoms with Crippen molar-refractivity contribution in [2.75, 3.05) is 11.1 Å². The van der Waals surface area contributed by atoms with E-state index in [1.165, 1.54) is 16.6 Å². The quantitative estimate of drug-likeness (QED) is 0.828. The molecular weight excluding hydrogens is 342 g/mol. The molecule has 8 heteroatoms. The zero-order chi connectivity index (χ0) is 17.1. The summed E-state index contributed by atoms with van der Waals surface area (Å²) in [5.41, 5.74) is 1.78. The van der Waals surface area contributed by atoms with Gasteiger partial charge in [-0.15, -0.1) is 21.5 Å². The van der Waals surface area contributed by atoms with Gasteiger partial charge in [0, 0.05) is 11.4 Å². The van der Waals surface area contributed by atoms with Crippen LogP contribution in [0.3, 0.4) is 0 Å². The number of rotatable bonds is 5. The predicted octanol–water partition coefficient (Wildman–Crippen LogP) is 3.09. The fraction of sp³-hybridized carbons (Fsp3) is 0.500. The van der Waals surface area contributed by atoms with E-state index in [9.17, 15) is 10.1 Å². The summed E-state index contributed by atoms with van der Waals surface area (Å²) in [5, 5.41) is 21.7. The molecule has 24 heavy (non-hydrogen) atoms. The minimum absolute atomic E-state index is 0.117. The first-order chi connectivity index (χ1) is 11.6. The second kappa shape index (κ2) is 7.36. The van der Waals surface area contributed by atoms with Crippen molar-refractivity contribution < 1.29 is 4.79 Å². The number of nitrogens with zero attached hydrogens (tertiary/aromatic N) is 4. The van der Waals surface area contributed by atoms with E-state index in [1.807, 2.05) is 11.5 Å². The Kier molecular flexibility index (Phi) is 5.21. The number of carbonyl (C=O) groups excluding carboxylic acids is 1. The molecule has 0 aromatic carbocycles. The minimum atomic E-state index is -0.117. The first-order valence-corrected chi connectivity index (χ1v) is 9.77. The fourth-order valence-corrected chi connectivity index (χ4v) is 4.98. The number of anilines is 1. The van der Waals surface area contributed by atoms with Gasteiger partial charge in [0.05, 0.1) is 11.3 Å². The lowest BCUT2D eigenvalue weighted by Crippen LogP contribution is -2.14. The molecule has 0 unspecified atom stereocenters. The number of amides is 1. The summed E-state index contributed by atoms with van der Waals surface area (Å²) in [6.45, 7) is 5.00. The Bertz CT molecular complexity index is 789. The Morgan fingerprint density at radius 2 is 2.46 bits per heavy atom. The van der Waals surface area contributed by atoms with Gasteiger partial charge in [-0.1, -0.05) is 18.7 Å². The lowest BCUT2D eigenvalue weighted by atomic mass is 9.89. The summed E-state index contributed by atoms with van der Waals surface area (Å²) < 4.78 is 1.89. The molecule has 2 aromatic heterocycles. The molecule has 126 valence electrons. The molecule has 0 fully saturated rings. The lowest BCUT2D eigenvalue weighted by Gasteiger charge is -2.17. The summed E-state index contributed by atoms with van der Waals surface area (Å²) in [5.74, 6) is 0.777. The minimum Gasteiger partial charge on any atom is -0.316 e. The smallest absolute Gasteiger partial charge is 0.235 e. The molecule has 1 aliphatic rings. The zero-order valence-corrected chi connectivity index (χ0v) is 15.3. The number of nitrogens with one attached hydrogen (secondary N) is 1. The van der Waals surface area contributed by atoms with Crippen molar-refractivity contribution in [1.82, 2.24) is 14.8 Å². The molecule has 1 atom stereocenters. The summed E-state index contributed by atoms with van der Waals surface area (Å²) in [7, 11) is 0. The van der Waals surface area contributed by atoms with E-state index in [-0.39, 0.29) is 11.7 Å². The van der Waals surface area contributed by atoms with Gasteiger partial charge in [0.2, 0.25) is 5.91 Å². The van der Waals surface area contributed by atoms with Crippen LogP contribution in [0.25, 0.3) is 0 Å². The van der Waals surface area contributed by atoms with Crippen LogP contribution in [0.15, 0.2) is 11.5 Å². The molecule has 6 nitrogen and oxygen atoms in total. The molecule has 1 aliphatic carbocycles. The van der Waals surface area contributed by atoms with Crippen LogP contribution in [0.5, 0.6) is 0 Å². The van der Waals surface area contributed by atoms with Crippen LogP contribution < -0.4 is 5.32 Å². The van der Waals surface area contributed by atoms with Crippen LogP contribution in [0.1, 0.15) is 36.3 Å². The number of aryl methyl sites for hydroxylation is 1. The van der Waals surface area contributed by atoms with Crippen molar-refractivity contribution in [2.45, 2.75) is 44.8 Å². The molecule has 0 saturated heterocycles. The Labute approximate surface area is 149 Å². The average molecular weight is 361 g/mol. The molecule has 1 amide bonds. The van der Waals surface area contributed by atoms with Gasteiger partial charge in [-0.2, -0.15) is 5.26 Å². The molecule has 0 radical (unpaired) electrons. The van der Waals surface area contributed by atoms with E-state index >= 15 is 0 Å². The monoisotopic (exact) mass is 361 g/mol. The molecule has 2 heterocycles. The SMILES string of the molecule is CCn1cnnc1SCC(=O)Nc1sc2c(c1C#N)CC[C@H](C)C2. The number of fused-ring (bicyclic) bond motifs is 1. The van der Waals surface area contributed by atoms with Crippen LogP contribution in [0, 0.1) is 17.2 Å². The summed E-state index contributed by atoms with van der Waals surface area (Å²) >= 11 is 2.91. The van der Waals surface area contributed by atoms with Gasteiger partial charge in [-0.25, -0.2) is 0 Å². The van der Waals surface area contributed by atoms with Gasteiger partial charge >= 0.3 is 0 Å². The van der Waals surface area contributed by atoms with E-state index in [1.54, 1.807) is 17.7 Å². The topological polar surface area (TPSA) is 83.6 Å². The van der Waals surface area contributed by atoms with Crippen LogP contribution in [0.4, 0.5) is 5.00 Å². The molecular formula is C16H19N5OS2. The van der Waals surface area contributed by atoms with Crippen molar-refractivity contribution >= 4 is 34.0 Å². The maximum absolute atomic E-state index is 12.3. The molecule has 0 saturated carbocycles. The maximum atomic E-state index is 12.3. The molecule has 1 N–H and O–H groups in total. The average Bonchev–Trinajstić information content (AvgIpc) is 3.15. The van der Waals surface area contributed by atoms with E-state index in [4.69, 9.17) is 0 Å². The van der Waals surface area contributed by atoms with E-state index in [2.05, 4.69) is 28.5 Å². The van der Waals surface area contributed by atoms with Crippen molar-refractivity contribution in [2.24, 2.45) is 5.92 Å². The van der Waals surface area contributed by atoms with Crippen molar-refractivity contribution in [1.29, 1.82) is 5.26 Å². The number of hydrogen-bond acceptors (Lipinski definition) is 6. The Morgan fingerprint density at radius 1 is 1.62 bits per heavy atom. The van der Waals surface area contributed by atoms with Gasteiger partial charge in [-0.3, -0.25) is 4.79 Å². The third-order valence-corrected chi connectivity index (χ3v) is 6.28. The molecule has 3 rings (SSSR count). The first kappa shape index (κ1) is 17.0. The molecule has 0 bridgehead atoms. The highest BCUT2D eigenvalue weighted by atomic mass is 32.2. The maximum Gasteiger partial charge on any atom is 0.235 e. The highest BCUT2D eigenvalue weighted by molar-refractivity contribution is 7.99. The van der Waals surface area contributed by atoms with Gasteiger partial charge in [0.1, 0.15) is 17.4 Å². The van der Waals surface area contributed by atoms with Crippen LogP contribution in [-0.4, -0.2) is 26.4 Å². The van der Waals surface area contributed by atoms with Crippen molar-refractivity contribution in [3.8, 4) is 6.07 Å². The van der Waals surface area contributed by atoms with E-state index in [0.29, 0.717) is 16.5 Å². The van der Waals surface area contributed by atoms with Crippen molar-refractivity contribution in [3.63, 3.8) is 0 Å². The molecule has 2 aromatic rings. The Morgan fingerprint density at radius 3 is 3.21 bits per heavy atom. The molecule has 0 spiro atoms. The van der Waals surface area contributed by atoms with Gasteiger partial charge in [-0.05, 0) is 37.7 Å². The van der Waals surface area contributed by atoms with E-state index < -0.39 is 0 Å². The molecule has 0 aliphatic heterocycles. The third-order valence-electron chi connectivity index (χ3n) is 4.13. The normalized spacial score (nSPS) is 16.5. The first-order valence-electron chi connectivity index (χ1n) is 7.97. The highest BCUT2D eigenvalue weighted by Gasteiger charge is 2.24. The lowest BCUT2D eigenvalue weighted by molar-refractivity contribution is -0.113. The third kappa shape index (κ3) is 3.47. The summed E-state index contributed by atoms with van der Waals surface area (Å²) in [6, 6.07) is 2.27. The number of aromatic nitrogens is 3. The van der Waals surface area contributed by atoms with Crippen LogP contribution in [0.2, 0.25) is 0 Å². The van der Waals surface area contributed by atoms with Gasteiger partial charge in [0.15, 0.2) is 5.16 Å². The fourth-order valence-electron chi connectivity index (χ4n) is 2.82. The van der Waals surface area contributed by atoms with Gasteiger partial charge in [0.25, 0.3) is 0 Å². The summed E-state index contributed by atoms with van der Waals surface area (Å²) in [6.07, 6.45) is 4.69. The number of nitriles is 1. The van der Waals surface area contributed by atoms with Crippen molar-refractivity contribution in [3.05, 3.63) is 22.3 Å². The largest absolute Gasteiger partial charge is 0.316 e. The number of hydrogen-bond donors (Lipinski definition) is 1. The Hall–Kier alpha value is -1.85. The predicted molar refractivity (Wildman–Crippen MR) is 95.3 cm³/mol. The van der Waals surface area contributed by atoms with Gasteiger partial charge < -0.3 is 9.88 Å². The second-order valence-electron chi connectivity index (χ2n) is 5.90. The number of thiophene rings is 1. The van der Waals surface area contributed by atoms with Crippen LogP contribution in [-0.2, 0) is 24.2 Å². The number of thioether (sulfide) groups is 1. The highest BCUT2D eigenvalue weighted by Crippen LogP contribution is 2.39. The second-order valence-corrected chi connectivity index (χ2v) is 7.95. The van der Waals surface area contributed by atoms with Crippen LogP contribution >= 0.6 is 23.1 Å².